The molecule has 2 aliphatic rings. The second kappa shape index (κ2) is 5.77. The van der Waals surface area contributed by atoms with Gasteiger partial charge in [0.2, 0.25) is 0 Å². The van der Waals surface area contributed by atoms with Crippen LogP contribution >= 0.6 is 0 Å². The smallest absolute Gasteiger partial charge is 0.326 e. The van der Waals surface area contributed by atoms with Crippen molar-refractivity contribution >= 4 is 12.0 Å². The number of carboxylic acids is 1. The first-order chi connectivity index (χ1) is 9.04. The molecular weight excluding hydrogens is 248 g/mol. The van der Waals surface area contributed by atoms with Gasteiger partial charge in [-0.25, -0.2) is 9.59 Å². The van der Waals surface area contributed by atoms with Crippen molar-refractivity contribution in [1.82, 2.24) is 9.80 Å². The van der Waals surface area contributed by atoms with Crippen LogP contribution in [-0.4, -0.2) is 63.3 Å². The molecule has 2 atom stereocenters. The van der Waals surface area contributed by atoms with Crippen LogP contribution in [0.2, 0.25) is 0 Å². The predicted molar refractivity (Wildman–Crippen MR) is 68.8 cm³/mol. The fourth-order valence-electron chi connectivity index (χ4n) is 3.19. The Morgan fingerprint density at radius 3 is 2.47 bits per heavy atom. The quantitative estimate of drug-likeness (QED) is 0.798. The Hall–Kier alpha value is -1.30. The Morgan fingerprint density at radius 1 is 1.32 bits per heavy atom. The Kier molecular flexibility index (Phi) is 4.29. The van der Waals surface area contributed by atoms with Gasteiger partial charge >= 0.3 is 12.0 Å². The van der Waals surface area contributed by atoms with Gasteiger partial charge in [-0.1, -0.05) is 12.8 Å². The summed E-state index contributed by atoms with van der Waals surface area (Å²) in [7, 11) is 0. The number of hydrogen-bond acceptors (Lipinski definition) is 3. The van der Waals surface area contributed by atoms with E-state index in [1.165, 1.54) is 4.90 Å². The van der Waals surface area contributed by atoms with E-state index in [0.717, 1.165) is 25.7 Å². The third kappa shape index (κ3) is 2.83. The molecule has 0 radical (unpaired) electrons. The molecular formula is C13H22N2O4. The number of likely N-dealkylation sites (tertiary alicyclic amines) is 1. The average molecular weight is 270 g/mol. The first kappa shape index (κ1) is 14.1. The summed E-state index contributed by atoms with van der Waals surface area (Å²) in [5.74, 6) is -1.03. The van der Waals surface area contributed by atoms with E-state index >= 15 is 0 Å². The van der Waals surface area contributed by atoms with Gasteiger partial charge in [-0.05, 0) is 19.8 Å². The predicted octanol–water partition coefficient (Wildman–Crippen LogP) is 0.891. The molecule has 0 aromatic rings. The fraction of sp³-hybridized carbons (Fsp3) is 0.846. The molecule has 1 aliphatic carbocycles. The lowest BCUT2D eigenvalue weighted by Crippen LogP contribution is -2.51. The maximum atomic E-state index is 12.5. The summed E-state index contributed by atoms with van der Waals surface area (Å²) in [6.45, 7) is 2.62. The number of rotatable bonds is 3. The second-order valence-corrected chi connectivity index (χ2v) is 5.40. The van der Waals surface area contributed by atoms with Crippen LogP contribution in [0.25, 0.3) is 0 Å². The molecule has 1 saturated heterocycles. The van der Waals surface area contributed by atoms with Gasteiger partial charge in [-0.3, -0.25) is 0 Å². The van der Waals surface area contributed by atoms with Gasteiger partial charge in [0.05, 0.1) is 6.10 Å². The van der Waals surface area contributed by atoms with E-state index in [9.17, 15) is 14.7 Å². The van der Waals surface area contributed by atoms with Crippen LogP contribution < -0.4 is 0 Å². The lowest BCUT2D eigenvalue weighted by atomic mass is 10.2. The van der Waals surface area contributed by atoms with Crippen molar-refractivity contribution in [2.45, 2.75) is 57.2 Å². The summed E-state index contributed by atoms with van der Waals surface area (Å²) in [6, 6.07) is -0.902. The maximum Gasteiger partial charge on any atom is 0.326 e. The molecule has 1 aliphatic heterocycles. The fourth-order valence-corrected chi connectivity index (χ4v) is 3.19. The highest BCUT2D eigenvalue weighted by Crippen LogP contribution is 2.27. The summed E-state index contributed by atoms with van der Waals surface area (Å²) in [6.07, 6.45) is 3.64. The highest BCUT2D eigenvalue weighted by Gasteiger charge is 2.41. The number of carbonyl (C=O) groups is 2. The van der Waals surface area contributed by atoms with Crippen molar-refractivity contribution < 1.29 is 19.8 Å². The first-order valence-corrected chi connectivity index (χ1v) is 7.02. The number of aliphatic hydroxyl groups excluding tert-OH is 1. The lowest BCUT2D eigenvalue weighted by molar-refractivity contribution is -0.141. The SMILES string of the molecule is CCN(C(=O)N1C[C@H](O)C[C@@H]1C(=O)O)C1CCCC1. The number of β-amino-alcohol motifs (C(OH)–C–C–N with tert-alkyl or cyclic N) is 1. The van der Waals surface area contributed by atoms with E-state index in [0.29, 0.717) is 6.54 Å². The first-order valence-electron chi connectivity index (χ1n) is 7.02. The van der Waals surface area contributed by atoms with Gasteiger partial charge in [-0.2, -0.15) is 0 Å². The molecule has 19 heavy (non-hydrogen) atoms. The lowest BCUT2D eigenvalue weighted by Gasteiger charge is -2.33. The molecule has 0 bridgehead atoms. The minimum atomic E-state index is -1.03. The van der Waals surface area contributed by atoms with Crippen LogP contribution in [0.4, 0.5) is 4.79 Å². The van der Waals surface area contributed by atoms with Crippen LogP contribution in [0.3, 0.4) is 0 Å². The van der Waals surface area contributed by atoms with Crippen molar-refractivity contribution in [1.29, 1.82) is 0 Å². The van der Waals surface area contributed by atoms with Crippen LogP contribution in [0.1, 0.15) is 39.0 Å². The number of amides is 2. The van der Waals surface area contributed by atoms with Gasteiger partial charge in [0.25, 0.3) is 0 Å². The Bertz CT molecular complexity index is 355. The summed E-state index contributed by atoms with van der Waals surface area (Å²) < 4.78 is 0. The van der Waals surface area contributed by atoms with Gasteiger partial charge in [-0.15, -0.1) is 0 Å². The maximum absolute atomic E-state index is 12.5. The minimum Gasteiger partial charge on any atom is -0.480 e. The second-order valence-electron chi connectivity index (χ2n) is 5.40. The van der Waals surface area contributed by atoms with E-state index < -0.39 is 18.1 Å². The Balaban J connectivity index is 2.09. The van der Waals surface area contributed by atoms with Gasteiger partial charge in [0.1, 0.15) is 6.04 Å². The Labute approximate surface area is 113 Å². The highest BCUT2D eigenvalue weighted by molar-refractivity contribution is 5.83. The number of hydrogen-bond donors (Lipinski definition) is 2. The van der Waals surface area contributed by atoms with E-state index in [-0.39, 0.29) is 25.0 Å². The number of carboxylic acid groups (broad SMARTS) is 1. The van der Waals surface area contributed by atoms with E-state index in [1.807, 2.05) is 6.92 Å². The monoisotopic (exact) mass is 270 g/mol. The van der Waals surface area contributed by atoms with Crippen LogP contribution in [0.5, 0.6) is 0 Å². The molecule has 6 heteroatoms. The zero-order valence-electron chi connectivity index (χ0n) is 11.3. The summed E-state index contributed by atoms with van der Waals surface area (Å²) in [5, 5.41) is 18.8. The topological polar surface area (TPSA) is 81.1 Å². The van der Waals surface area contributed by atoms with Crippen LogP contribution in [-0.2, 0) is 4.79 Å². The van der Waals surface area contributed by atoms with Gasteiger partial charge in [0.15, 0.2) is 0 Å². The number of aliphatic hydroxyl groups is 1. The average Bonchev–Trinajstić information content (AvgIpc) is 2.99. The van der Waals surface area contributed by atoms with Crippen molar-refractivity contribution in [3.8, 4) is 0 Å². The molecule has 0 spiro atoms. The van der Waals surface area contributed by atoms with Crippen molar-refractivity contribution in [3.05, 3.63) is 0 Å². The largest absolute Gasteiger partial charge is 0.480 e. The molecule has 0 aromatic heterocycles. The van der Waals surface area contributed by atoms with E-state index in [2.05, 4.69) is 0 Å². The Morgan fingerprint density at radius 2 is 1.95 bits per heavy atom. The molecule has 108 valence electrons. The summed E-state index contributed by atoms with van der Waals surface area (Å²) in [4.78, 5) is 26.8. The molecule has 1 heterocycles. The minimum absolute atomic E-state index is 0.124. The third-order valence-corrected chi connectivity index (χ3v) is 4.16. The zero-order chi connectivity index (χ0) is 14.0. The molecule has 0 aromatic carbocycles. The molecule has 1 saturated carbocycles. The molecule has 2 amide bonds. The molecule has 2 rings (SSSR count). The van der Waals surface area contributed by atoms with Crippen LogP contribution in [0, 0.1) is 0 Å². The normalized spacial score (nSPS) is 27.8. The zero-order valence-corrected chi connectivity index (χ0v) is 11.3. The van der Waals surface area contributed by atoms with Crippen molar-refractivity contribution in [2.24, 2.45) is 0 Å². The standard InChI is InChI=1S/C13H22N2O4/c1-2-14(9-5-3-4-6-9)13(19)15-8-10(16)7-11(15)12(17)18/h9-11,16H,2-8H2,1H3,(H,17,18)/t10-,11-/m1/s1. The van der Waals surface area contributed by atoms with Crippen LogP contribution in [0.15, 0.2) is 0 Å². The van der Waals surface area contributed by atoms with Gasteiger partial charge in [0, 0.05) is 25.6 Å². The van der Waals surface area contributed by atoms with Crippen molar-refractivity contribution in [3.63, 3.8) is 0 Å². The molecule has 2 N–H and O–H groups in total. The van der Waals surface area contributed by atoms with E-state index in [4.69, 9.17) is 5.11 Å². The molecule has 6 nitrogen and oxygen atoms in total. The third-order valence-electron chi connectivity index (χ3n) is 4.16. The van der Waals surface area contributed by atoms with Crippen molar-refractivity contribution in [2.75, 3.05) is 13.1 Å². The number of aliphatic carboxylic acids is 1. The summed E-state index contributed by atoms with van der Waals surface area (Å²) in [5.41, 5.74) is 0. The molecule has 2 fully saturated rings. The number of urea groups is 1. The van der Waals surface area contributed by atoms with Gasteiger partial charge < -0.3 is 20.0 Å². The highest BCUT2D eigenvalue weighted by atomic mass is 16.4. The van der Waals surface area contributed by atoms with E-state index in [1.54, 1.807) is 4.90 Å². The summed E-state index contributed by atoms with van der Waals surface area (Å²) >= 11 is 0. The molecule has 0 unspecified atom stereocenters. The number of nitrogens with zero attached hydrogens (tertiary/aromatic N) is 2. The number of carbonyl (C=O) groups excluding carboxylic acids is 1.